The Hall–Kier alpha value is -3.22. The van der Waals surface area contributed by atoms with E-state index in [-0.39, 0.29) is 18.0 Å². The van der Waals surface area contributed by atoms with Crippen LogP contribution in [0.25, 0.3) is 5.69 Å². The molecule has 0 amide bonds. The van der Waals surface area contributed by atoms with Crippen LogP contribution in [0.5, 0.6) is 0 Å². The Morgan fingerprint density at radius 3 is 2.75 bits per heavy atom. The maximum atomic E-state index is 14.3. The van der Waals surface area contributed by atoms with Crippen molar-refractivity contribution in [3.05, 3.63) is 82.2 Å². The molecule has 0 unspecified atom stereocenters. The number of aromatic nitrogens is 2. The molecule has 6 nitrogen and oxygen atoms in total. The predicted octanol–water partition coefficient (Wildman–Crippen LogP) is 3.84. The number of nitrogens with one attached hydrogen (secondary N) is 1. The molecule has 3 rings (SSSR count). The van der Waals surface area contributed by atoms with E-state index in [4.69, 9.17) is 0 Å². The number of anilines is 1. The highest BCUT2D eigenvalue weighted by atomic mass is 19.1. The van der Waals surface area contributed by atoms with Crippen molar-refractivity contribution in [2.24, 2.45) is 0 Å². The molecule has 0 saturated carbocycles. The molecule has 3 aromatic rings. The zero-order valence-electron chi connectivity index (χ0n) is 12.9. The van der Waals surface area contributed by atoms with E-state index in [2.05, 4.69) is 10.3 Å². The van der Waals surface area contributed by atoms with Crippen molar-refractivity contribution >= 4 is 11.4 Å². The highest BCUT2D eigenvalue weighted by molar-refractivity contribution is 5.61. The second-order valence-electron chi connectivity index (χ2n) is 5.26. The van der Waals surface area contributed by atoms with Crippen LogP contribution in [0.4, 0.5) is 15.8 Å². The number of para-hydroxylation sites is 2. The van der Waals surface area contributed by atoms with Crippen LogP contribution in [0.3, 0.4) is 0 Å². The predicted molar refractivity (Wildman–Crippen MR) is 88.7 cm³/mol. The number of hydrogen-bond donors (Lipinski definition) is 1. The number of hydrogen-bond acceptors (Lipinski definition) is 4. The third kappa shape index (κ3) is 3.10. The zero-order valence-corrected chi connectivity index (χ0v) is 12.9. The number of aryl methyl sites for hydroxylation is 1. The van der Waals surface area contributed by atoms with E-state index in [1.165, 1.54) is 12.1 Å². The lowest BCUT2D eigenvalue weighted by Crippen LogP contribution is -2.04. The number of benzene rings is 2. The molecule has 0 aliphatic rings. The zero-order chi connectivity index (χ0) is 17.1. The molecule has 2 aromatic carbocycles. The summed E-state index contributed by atoms with van der Waals surface area (Å²) in [5, 5.41) is 14.0. The molecule has 0 saturated heterocycles. The van der Waals surface area contributed by atoms with Gasteiger partial charge in [0, 0.05) is 25.0 Å². The summed E-state index contributed by atoms with van der Waals surface area (Å²) in [6.07, 6.45) is 3.30. The summed E-state index contributed by atoms with van der Waals surface area (Å²) in [5.41, 5.74) is 1.49. The molecule has 24 heavy (non-hydrogen) atoms. The molecule has 1 heterocycles. The maximum absolute atomic E-state index is 14.3. The van der Waals surface area contributed by atoms with Crippen molar-refractivity contribution in [3.63, 3.8) is 0 Å². The smallest absolute Gasteiger partial charge is 0.292 e. The number of nitro benzene ring substituents is 1. The molecule has 1 aromatic heterocycles. The topological polar surface area (TPSA) is 73.0 Å². The van der Waals surface area contributed by atoms with E-state index in [0.29, 0.717) is 22.8 Å². The fourth-order valence-corrected chi connectivity index (χ4v) is 2.47. The van der Waals surface area contributed by atoms with Gasteiger partial charge in [0.25, 0.3) is 5.69 Å². The highest BCUT2D eigenvalue weighted by Crippen LogP contribution is 2.24. The Labute approximate surface area is 137 Å². The Morgan fingerprint density at radius 2 is 2.08 bits per heavy atom. The van der Waals surface area contributed by atoms with Crippen LogP contribution in [-0.4, -0.2) is 14.5 Å². The van der Waals surface area contributed by atoms with Crippen LogP contribution in [0, 0.1) is 22.9 Å². The number of nitrogens with zero attached hydrogens (tertiary/aromatic N) is 3. The second kappa shape index (κ2) is 6.49. The molecular formula is C17H15FN4O2. The minimum atomic E-state index is -0.451. The fraction of sp³-hybridized carbons (Fsp3) is 0.118. The fourth-order valence-electron chi connectivity index (χ4n) is 2.47. The first-order valence-electron chi connectivity index (χ1n) is 7.32. The van der Waals surface area contributed by atoms with Crippen molar-refractivity contribution < 1.29 is 9.31 Å². The average Bonchev–Trinajstić information content (AvgIpc) is 2.99. The Kier molecular flexibility index (Phi) is 4.24. The van der Waals surface area contributed by atoms with Gasteiger partial charge < -0.3 is 9.88 Å². The van der Waals surface area contributed by atoms with Gasteiger partial charge in [0.05, 0.1) is 10.6 Å². The molecule has 0 aliphatic carbocycles. The first-order chi connectivity index (χ1) is 11.6. The maximum Gasteiger partial charge on any atom is 0.292 e. The van der Waals surface area contributed by atoms with Crippen LogP contribution in [-0.2, 0) is 6.54 Å². The lowest BCUT2D eigenvalue weighted by molar-refractivity contribution is -0.384. The van der Waals surface area contributed by atoms with Crippen LogP contribution >= 0.6 is 0 Å². The van der Waals surface area contributed by atoms with Gasteiger partial charge in [-0.15, -0.1) is 0 Å². The van der Waals surface area contributed by atoms with Gasteiger partial charge >= 0.3 is 0 Å². The monoisotopic (exact) mass is 326 g/mol. The standard InChI is InChI=1S/C17H15FN4O2/c1-12-19-8-9-21(12)16-7-6-13(10-14(16)18)11-20-15-4-2-3-5-17(15)22(23)24/h2-10,20H,11H2,1H3. The minimum Gasteiger partial charge on any atom is -0.375 e. The van der Waals surface area contributed by atoms with Gasteiger partial charge in [-0.05, 0) is 30.7 Å². The van der Waals surface area contributed by atoms with E-state index in [1.54, 1.807) is 54.2 Å². The van der Waals surface area contributed by atoms with E-state index in [1.807, 2.05) is 0 Å². The Morgan fingerprint density at radius 1 is 1.29 bits per heavy atom. The van der Waals surface area contributed by atoms with Gasteiger partial charge in [0.15, 0.2) is 0 Å². The third-order valence-electron chi connectivity index (χ3n) is 3.68. The van der Waals surface area contributed by atoms with Crippen LogP contribution < -0.4 is 5.32 Å². The third-order valence-corrected chi connectivity index (χ3v) is 3.68. The average molecular weight is 326 g/mol. The van der Waals surface area contributed by atoms with E-state index < -0.39 is 4.92 Å². The van der Waals surface area contributed by atoms with E-state index in [9.17, 15) is 14.5 Å². The summed E-state index contributed by atoms with van der Waals surface area (Å²) in [6.45, 7) is 2.08. The Bertz CT molecular complexity index is 892. The first-order valence-corrected chi connectivity index (χ1v) is 7.32. The summed E-state index contributed by atoms with van der Waals surface area (Å²) in [4.78, 5) is 14.6. The van der Waals surface area contributed by atoms with Crippen LogP contribution in [0.2, 0.25) is 0 Å². The van der Waals surface area contributed by atoms with Gasteiger partial charge in [0.2, 0.25) is 0 Å². The summed E-state index contributed by atoms with van der Waals surface area (Å²) in [7, 11) is 0. The largest absolute Gasteiger partial charge is 0.375 e. The molecule has 0 aliphatic heterocycles. The molecule has 0 spiro atoms. The number of nitro groups is 1. The molecule has 0 atom stereocenters. The van der Waals surface area contributed by atoms with Crippen molar-refractivity contribution in [1.82, 2.24) is 9.55 Å². The van der Waals surface area contributed by atoms with Gasteiger partial charge in [0.1, 0.15) is 17.3 Å². The van der Waals surface area contributed by atoms with Gasteiger partial charge in [-0.1, -0.05) is 18.2 Å². The van der Waals surface area contributed by atoms with Gasteiger partial charge in [-0.2, -0.15) is 0 Å². The molecule has 7 heteroatoms. The van der Waals surface area contributed by atoms with E-state index in [0.717, 1.165) is 0 Å². The lowest BCUT2D eigenvalue weighted by atomic mass is 10.2. The Balaban J connectivity index is 1.79. The second-order valence-corrected chi connectivity index (χ2v) is 5.26. The van der Waals surface area contributed by atoms with Crippen molar-refractivity contribution in [3.8, 4) is 5.69 Å². The molecule has 1 N–H and O–H groups in total. The van der Waals surface area contributed by atoms with Gasteiger partial charge in [-0.25, -0.2) is 9.37 Å². The molecule has 0 radical (unpaired) electrons. The normalized spacial score (nSPS) is 10.6. The molecule has 0 bridgehead atoms. The SMILES string of the molecule is Cc1nccn1-c1ccc(CNc2ccccc2[N+](=O)[O-])cc1F. The number of rotatable bonds is 5. The van der Waals surface area contributed by atoms with Crippen LogP contribution in [0.15, 0.2) is 54.9 Å². The summed E-state index contributed by atoms with van der Waals surface area (Å²) in [5.74, 6) is 0.317. The van der Waals surface area contributed by atoms with Crippen molar-refractivity contribution in [1.29, 1.82) is 0 Å². The van der Waals surface area contributed by atoms with Crippen molar-refractivity contribution in [2.45, 2.75) is 13.5 Å². The number of imidazole rings is 1. The van der Waals surface area contributed by atoms with Crippen LogP contribution in [0.1, 0.15) is 11.4 Å². The molecule has 0 fully saturated rings. The summed E-state index contributed by atoms with van der Waals surface area (Å²) >= 11 is 0. The minimum absolute atomic E-state index is 0.0105. The molecular weight excluding hydrogens is 311 g/mol. The number of halogens is 1. The summed E-state index contributed by atoms with van der Waals surface area (Å²) in [6, 6.07) is 11.2. The highest BCUT2D eigenvalue weighted by Gasteiger charge is 2.12. The quantitative estimate of drug-likeness (QED) is 0.571. The van der Waals surface area contributed by atoms with Gasteiger partial charge in [-0.3, -0.25) is 10.1 Å². The summed E-state index contributed by atoms with van der Waals surface area (Å²) < 4.78 is 16.0. The van der Waals surface area contributed by atoms with E-state index >= 15 is 0 Å². The lowest BCUT2D eigenvalue weighted by Gasteiger charge is -2.10. The van der Waals surface area contributed by atoms with Crippen molar-refractivity contribution in [2.75, 3.05) is 5.32 Å². The first kappa shape index (κ1) is 15.7. The molecule has 122 valence electrons.